The van der Waals surface area contributed by atoms with Crippen molar-refractivity contribution in [3.05, 3.63) is 92.1 Å². The lowest BCUT2D eigenvalue weighted by molar-refractivity contribution is 0.0963. The maximum absolute atomic E-state index is 12.5. The van der Waals surface area contributed by atoms with Gasteiger partial charge in [-0.05, 0) is 40.8 Å². The molecule has 0 spiro atoms. The summed E-state index contributed by atoms with van der Waals surface area (Å²) in [6.45, 7) is 1.95. The molecule has 0 aliphatic carbocycles. The van der Waals surface area contributed by atoms with Crippen molar-refractivity contribution in [2.45, 2.75) is 20.0 Å². The molecule has 2 aromatic heterocycles. The maximum atomic E-state index is 12.5. The number of rotatable bonds is 6. The Bertz CT molecular complexity index is 1420. The summed E-state index contributed by atoms with van der Waals surface area (Å²) in [5.74, 6) is -0.175. The van der Waals surface area contributed by atoms with Gasteiger partial charge in [0.2, 0.25) is 5.71 Å². The summed E-state index contributed by atoms with van der Waals surface area (Å²) in [5, 5.41) is 2.86. The molecular weight excluding hydrogens is 410 g/mol. The summed E-state index contributed by atoms with van der Waals surface area (Å²) in [5.41, 5.74) is 2.61. The minimum Gasteiger partial charge on any atom is -0.460 e. The highest BCUT2D eigenvalue weighted by Gasteiger charge is 2.14. The molecule has 0 aliphatic rings. The first kappa shape index (κ1) is 21.0. The van der Waals surface area contributed by atoms with E-state index in [-0.39, 0.29) is 29.6 Å². The van der Waals surface area contributed by atoms with Gasteiger partial charge < -0.3 is 14.5 Å². The summed E-state index contributed by atoms with van der Waals surface area (Å²) >= 11 is 0. The molecule has 0 bridgehead atoms. The molecule has 162 valence electrons. The van der Waals surface area contributed by atoms with E-state index in [4.69, 9.17) is 9.15 Å². The lowest BCUT2D eigenvalue weighted by Crippen LogP contribution is -2.17. The number of aryl methyl sites for hydroxylation is 1. The average molecular weight is 431 g/mol. The number of H-pyrrole nitrogens is 1. The lowest BCUT2D eigenvalue weighted by Gasteiger charge is -2.12. The Morgan fingerprint density at radius 3 is 2.69 bits per heavy atom. The summed E-state index contributed by atoms with van der Waals surface area (Å²) in [4.78, 5) is 43.1. The summed E-state index contributed by atoms with van der Waals surface area (Å²) in [6.07, 6.45) is 0.496. The van der Waals surface area contributed by atoms with Gasteiger partial charge in [-0.2, -0.15) is 4.98 Å². The molecule has 0 fully saturated rings. The van der Waals surface area contributed by atoms with Crippen molar-refractivity contribution < 1.29 is 13.9 Å². The molecule has 4 rings (SSSR count). The molecule has 1 amide bonds. The van der Waals surface area contributed by atoms with Gasteiger partial charge in [0, 0.05) is 18.7 Å². The van der Waals surface area contributed by atoms with Crippen LogP contribution in [0.1, 0.15) is 28.4 Å². The summed E-state index contributed by atoms with van der Waals surface area (Å²) in [6, 6.07) is 16.1. The number of hydrogen-bond donors (Lipinski definition) is 2. The van der Waals surface area contributed by atoms with Crippen LogP contribution in [0.3, 0.4) is 0 Å². The van der Waals surface area contributed by atoms with Gasteiger partial charge in [-0.25, -0.2) is 4.79 Å². The second kappa shape index (κ2) is 8.89. The maximum Gasteiger partial charge on any atom is 0.337 e. The number of carbonyl (C=O) groups excluding carboxylic acids is 1. The van der Waals surface area contributed by atoms with Crippen LogP contribution < -0.4 is 21.2 Å². The molecule has 2 aromatic carbocycles. The van der Waals surface area contributed by atoms with Crippen LogP contribution in [0.15, 0.2) is 68.6 Å². The molecule has 0 saturated heterocycles. The molecule has 8 nitrogen and oxygen atoms in total. The Balaban J connectivity index is 1.66. The van der Waals surface area contributed by atoms with Gasteiger partial charge in [0.15, 0.2) is 0 Å². The summed E-state index contributed by atoms with van der Waals surface area (Å²) < 4.78 is 10.9. The lowest BCUT2D eigenvalue weighted by atomic mass is 9.98. The van der Waals surface area contributed by atoms with E-state index in [1.165, 1.54) is 6.07 Å². The van der Waals surface area contributed by atoms with Gasteiger partial charge in [-0.15, -0.1) is 0 Å². The molecule has 0 atom stereocenters. The molecule has 0 unspecified atom stereocenters. The van der Waals surface area contributed by atoms with E-state index in [0.717, 1.165) is 16.7 Å². The normalized spacial score (nSPS) is 10.8. The SMILES string of the molecule is CCc1cc(=O)oc2nc(OCc3ccccc3-c3cccc(C(=O)NC)c3)[nH]c(=O)c12. The standard InChI is InChI=1S/C24H21N3O5/c1-3-14-12-19(28)32-23-20(14)22(30)26-24(27-23)31-13-17-7-4-5-10-18(17)15-8-6-9-16(11-15)21(29)25-2/h4-12H,3,13H2,1-2H3,(H,25,29)(H,26,27,30). The second-order valence-electron chi connectivity index (χ2n) is 7.10. The number of benzene rings is 2. The number of aromatic amines is 1. The fourth-order valence-electron chi connectivity index (χ4n) is 3.52. The Hall–Kier alpha value is -4.20. The molecule has 2 N–H and O–H groups in total. The number of hydrogen-bond acceptors (Lipinski definition) is 6. The van der Waals surface area contributed by atoms with Crippen LogP contribution in [0.25, 0.3) is 22.2 Å². The number of fused-ring (bicyclic) bond motifs is 1. The van der Waals surface area contributed by atoms with Crippen LogP contribution >= 0.6 is 0 Å². The van der Waals surface area contributed by atoms with Gasteiger partial charge in [0.1, 0.15) is 12.0 Å². The van der Waals surface area contributed by atoms with Crippen LogP contribution in [0.4, 0.5) is 0 Å². The molecule has 2 heterocycles. The van der Waals surface area contributed by atoms with Crippen LogP contribution in [-0.2, 0) is 13.0 Å². The third-order valence-corrected chi connectivity index (χ3v) is 5.10. The van der Waals surface area contributed by atoms with Crippen molar-refractivity contribution in [3.63, 3.8) is 0 Å². The zero-order valence-electron chi connectivity index (χ0n) is 17.6. The Morgan fingerprint density at radius 1 is 1.09 bits per heavy atom. The van der Waals surface area contributed by atoms with Crippen molar-refractivity contribution in [1.29, 1.82) is 0 Å². The first-order valence-corrected chi connectivity index (χ1v) is 10.1. The third kappa shape index (κ3) is 4.15. The Morgan fingerprint density at radius 2 is 1.91 bits per heavy atom. The zero-order chi connectivity index (χ0) is 22.7. The van der Waals surface area contributed by atoms with E-state index in [0.29, 0.717) is 17.5 Å². The first-order chi connectivity index (χ1) is 15.5. The Labute approximate surface area is 182 Å². The average Bonchev–Trinajstić information content (AvgIpc) is 2.81. The predicted octanol–water partition coefficient (Wildman–Crippen LogP) is 3.04. The number of aromatic nitrogens is 2. The van der Waals surface area contributed by atoms with Crippen molar-refractivity contribution in [3.8, 4) is 17.1 Å². The van der Waals surface area contributed by atoms with E-state index in [1.807, 2.05) is 43.3 Å². The molecule has 8 heteroatoms. The number of nitrogens with zero attached hydrogens (tertiary/aromatic N) is 1. The van der Waals surface area contributed by atoms with Gasteiger partial charge in [-0.3, -0.25) is 14.6 Å². The van der Waals surface area contributed by atoms with Crippen LogP contribution in [0, 0.1) is 0 Å². The van der Waals surface area contributed by atoms with Gasteiger partial charge in [0.05, 0.1) is 0 Å². The van der Waals surface area contributed by atoms with Crippen molar-refractivity contribution in [1.82, 2.24) is 15.3 Å². The fourth-order valence-corrected chi connectivity index (χ4v) is 3.52. The topological polar surface area (TPSA) is 114 Å². The van der Waals surface area contributed by atoms with Crippen LogP contribution in [0.5, 0.6) is 6.01 Å². The summed E-state index contributed by atoms with van der Waals surface area (Å²) in [7, 11) is 1.58. The minimum absolute atomic E-state index is 0.0483. The monoisotopic (exact) mass is 431 g/mol. The minimum atomic E-state index is -0.570. The largest absolute Gasteiger partial charge is 0.460 e. The smallest absolute Gasteiger partial charge is 0.337 e. The molecule has 0 radical (unpaired) electrons. The highest BCUT2D eigenvalue weighted by Crippen LogP contribution is 2.25. The van der Waals surface area contributed by atoms with Crippen molar-refractivity contribution >= 4 is 17.0 Å². The second-order valence-corrected chi connectivity index (χ2v) is 7.10. The molecule has 32 heavy (non-hydrogen) atoms. The molecule has 0 aliphatic heterocycles. The number of amides is 1. The van der Waals surface area contributed by atoms with Crippen molar-refractivity contribution in [2.75, 3.05) is 7.05 Å². The molecular formula is C24H21N3O5. The number of nitrogens with one attached hydrogen (secondary N) is 2. The van der Waals surface area contributed by atoms with Gasteiger partial charge in [-0.1, -0.05) is 43.3 Å². The predicted molar refractivity (Wildman–Crippen MR) is 120 cm³/mol. The zero-order valence-corrected chi connectivity index (χ0v) is 17.6. The van der Waals surface area contributed by atoms with E-state index < -0.39 is 11.2 Å². The first-order valence-electron chi connectivity index (χ1n) is 10.1. The van der Waals surface area contributed by atoms with Crippen molar-refractivity contribution in [2.24, 2.45) is 0 Å². The number of ether oxygens (including phenoxy) is 1. The van der Waals surface area contributed by atoms with E-state index in [1.54, 1.807) is 19.2 Å². The van der Waals surface area contributed by atoms with Crippen LogP contribution in [-0.4, -0.2) is 22.9 Å². The molecule has 0 saturated carbocycles. The Kier molecular flexibility index (Phi) is 5.85. The quantitative estimate of drug-likeness (QED) is 0.485. The third-order valence-electron chi connectivity index (χ3n) is 5.10. The van der Waals surface area contributed by atoms with Gasteiger partial charge >= 0.3 is 5.63 Å². The molecule has 4 aromatic rings. The van der Waals surface area contributed by atoms with Crippen LogP contribution in [0.2, 0.25) is 0 Å². The fraction of sp³-hybridized carbons (Fsp3) is 0.167. The van der Waals surface area contributed by atoms with Gasteiger partial charge in [0.25, 0.3) is 17.5 Å². The highest BCUT2D eigenvalue weighted by molar-refractivity contribution is 5.95. The van der Waals surface area contributed by atoms with E-state index >= 15 is 0 Å². The van der Waals surface area contributed by atoms with E-state index in [9.17, 15) is 14.4 Å². The number of carbonyl (C=O) groups is 1. The van der Waals surface area contributed by atoms with E-state index in [2.05, 4.69) is 15.3 Å². The highest BCUT2D eigenvalue weighted by atomic mass is 16.5.